The third-order valence-corrected chi connectivity index (χ3v) is 5.63. The first-order valence-electron chi connectivity index (χ1n) is 10.2. The van der Waals surface area contributed by atoms with Crippen LogP contribution in [0.5, 0.6) is 11.5 Å². The van der Waals surface area contributed by atoms with E-state index in [2.05, 4.69) is 0 Å². The molecule has 3 aromatic carbocycles. The molecule has 1 fully saturated rings. The Morgan fingerprint density at radius 1 is 0.774 bits per heavy atom. The monoisotopic (exact) mass is 416 g/mol. The largest absolute Gasteiger partial charge is 0.497 e. The molecule has 0 heterocycles. The van der Waals surface area contributed by atoms with Crippen LogP contribution in [0.3, 0.4) is 0 Å². The first-order valence-corrected chi connectivity index (χ1v) is 10.2. The van der Waals surface area contributed by atoms with Crippen molar-refractivity contribution in [2.75, 3.05) is 14.2 Å². The summed E-state index contributed by atoms with van der Waals surface area (Å²) in [5.74, 6) is 0.789. The number of ketones is 1. The van der Waals surface area contributed by atoms with E-state index in [9.17, 15) is 9.59 Å². The smallest absolute Gasteiger partial charge is 0.338 e. The van der Waals surface area contributed by atoms with Gasteiger partial charge in [0.1, 0.15) is 17.6 Å². The highest BCUT2D eigenvalue weighted by Crippen LogP contribution is 2.51. The molecule has 0 N–H and O–H groups in total. The Balaban J connectivity index is 1.52. The van der Waals surface area contributed by atoms with E-state index in [4.69, 9.17) is 14.2 Å². The van der Waals surface area contributed by atoms with Crippen LogP contribution in [-0.2, 0) is 4.74 Å². The Kier molecular flexibility index (Phi) is 6.03. The second kappa shape index (κ2) is 9.04. The van der Waals surface area contributed by atoms with Crippen LogP contribution in [0.1, 0.15) is 38.8 Å². The minimum Gasteiger partial charge on any atom is -0.497 e. The lowest BCUT2D eigenvalue weighted by molar-refractivity contribution is 0.0226. The maximum Gasteiger partial charge on any atom is 0.338 e. The lowest BCUT2D eigenvalue weighted by atomic mass is 10.00. The number of esters is 1. The lowest BCUT2D eigenvalue weighted by Gasteiger charge is -2.19. The van der Waals surface area contributed by atoms with E-state index in [1.807, 2.05) is 30.3 Å². The van der Waals surface area contributed by atoms with E-state index in [0.717, 1.165) is 5.56 Å². The molecule has 5 nitrogen and oxygen atoms in total. The lowest BCUT2D eigenvalue weighted by Crippen LogP contribution is -2.16. The molecular weight excluding hydrogens is 392 g/mol. The minimum absolute atomic E-state index is 0.0563. The normalized spacial score (nSPS) is 18.0. The van der Waals surface area contributed by atoms with Gasteiger partial charge in [-0.25, -0.2) is 4.79 Å². The van der Waals surface area contributed by atoms with Crippen LogP contribution in [-0.4, -0.2) is 26.0 Å². The fraction of sp³-hybridized carbons (Fsp3) is 0.231. The van der Waals surface area contributed by atoms with Gasteiger partial charge in [-0.1, -0.05) is 30.3 Å². The van der Waals surface area contributed by atoms with Crippen LogP contribution in [0.2, 0.25) is 0 Å². The van der Waals surface area contributed by atoms with Crippen LogP contribution in [0.15, 0.2) is 78.9 Å². The third kappa shape index (κ3) is 4.61. The average Bonchev–Trinajstić information content (AvgIpc) is 3.63. The van der Waals surface area contributed by atoms with E-state index >= 15 is 0 Å². The molecule has 0 saturated heterocycles. The molecule has 4 rings (SSSR count). The number of hydrogen-bond donors (Lipinski definition) is 0. The van der Waals surface area contributed by atoms with E-state index in [1.165, 1.54) is 0 Å². The van der Waals surface area contributed by atoms with Crippen molar-refractivity contribution >= 4 is 11.8 Å². The number of benzene rings is 3. The second-order valence-electron chi connectivity index (χ2n) is 7.56. The quantitative estimate of drug-likeness (QED) is 0.377. The van der Waals surface area contributed by atoms with Gasteiger partial charge in [0.15, 0.2) is 5.78 Å². The van der Waals surface area contributed by atoms with Gasteiger partial charge in [0.25, 0.3) is 0 Å². The highest BCUT2D eigenvalue weighted by atomic mass is 16.5. The Morgan fingerprint density at radius 3 is 1.87 bits per heavy atom. The van der Waals surface area contributed by atoms with E-state index in [0.29, 0.717) is 29.0 Å². The van der Waals surface area contributed by atoms with Crippen LogP contribution in [0.25, 0.3) is 0 Å². The zero-order chi connectivity index (χ0) is 21.8. The predicted octanol–water partition coefficient (Wildman–Crippen LogP) is 5.12. The molecule has 0 spiro atoms. The van der Waals surface area contributed by atoms with Crippen molar-refractivity contribution in [3.63, 3.8) is 0 Å². The molecule has 0 aliphatic heterocycles. The molecule has 3 aromatic rings. The highest BCUT2D eigenvalue weighted by Gasteiger charge is 2.50. The molecule has 0 aromatic heterocycles. The molecule has 1 aliphatic rings. The van der Waals surface area contributed by atoms with Crippen molar-refractivity contribution in [1.29, 1.82) is 0 Å². The molecular formula is C26H24O5. The average molecular weight is 416 g/mol. The molecule has 0 radical (unpaired) electrons. The highest BCUT2D eigenvalue weighted by molar-refractivity contribution is 6.00. The van der Waals surface area contributed by atoms with Gasteiger partial charge < -0.3 is 14.2 Å². The maximum atomic E-state index is 13.0. The SMILES string of the molecule is COc1ccc(C(=O)O[C@@H](c2ccccc2)[C@H]2C[C@@H]2C(=O)c2ccc(OC)cc2)cc1. The molecule has 1 aliphatic carbocycles. The zero-order valence-electron chi connectivity index (χ0n) is 17.5. The number of hydrogen-bond acceptors (Lipinski definition) is 5. The van der Waals surface area contributed by atoms with Gasteiger partial charge in [0.2, 0.25) is 0 Å². The summed E-state index contributed by atoms with van der Waals surface area (Å²) in [5, 5.41) is 0. The fourth-order valence-corrected chi connectivity index (χ4v) is 3.78. The van der Waals surface area contributed by atoms with Crippen LogP contribution >= 0.6 is 0 Å². The minimum atomic E-state index is -0.483. The topological polar surface area (TPSA) is 61.8 Å². The number of methoxy groups -OCH3 is 2. The van der Waals surface area contributed by atoms with Crippen molar-refractivity contribution in [2.24, 2.45) is 11.8 Å². The predicted molar refractivity (Wildman–Crippen MR) is 117 cm³/mol. The van der Waals surface area contributed by atoms with Crippen LogP contribution in [0, 0.1) is 11.8 Å². The van der Waals surface area contributed by atoms with Gasteiger partial charge in [0, 0.05) is 17.4 Å². The first kappa shape index (κ1) is 20.7. The summed E-state index contributed by atoms with van der Waals surface area (Å²) in [7, 11) is 3.17. The molecule has 5 heteroatoms. The molecule has 158 valence electrons. The zero-order valence-corrected chi connectivity index (χ0v) is 17.5. The molecule has 0 amide bonds. The number of carbonyl (C=O) groups is 2. The van der Waals surface area contributed by atoms with Crippen molar-refractivity contribution in [3.8, 4) is 11.5 Å². The summed E-state index contributed by atoms with van der Waals surface area (Å²) in [6.45, 7) is 0. The van der Waals surface area contributed by atoms with Crippen molar-refractivity contribution in [1.82, 2.24) is 0 Å². The van der Waals surface area contributed by atoms with E-state index in [-0.39, 0.29) is 17.6 Å². The second-order valence-corrected chi connectivity index (χ2v) is 7.56. The number of rotatable bonds is 8. The van der Waals surface area contributed by atoms with Crippen molar-refractivity contribution in [3.05, 3.63) is 95.6 Å². The Bertz CT molecular complexity index is 1040. The van der Waals surface area contributed by atoms with Gasteiger partial charge in [-0.15, -0.1) is 0 Å². The first-order chi connectivity index (χ1) is 15.1. The van der Waals surface area contributed by atoms with Gasteiger partial charge >= 0.3 is 5.97 Å². The number of carbonyl (C=O) groups excluding carboxylic acids is 2. The standard InChI is InChI=1S/C26H24O5/c1-29-20-12-8-17(9-13-20)24(27)22-16-23(22)25(18-6-4-3-5-7-18)31-26(28)19-10-14-21(30-2)15-11-19/h3-15,22-23,25H,16H2,1-2H3/t22-,23-,25-/m0/s1. The third-order valence-electron chi connectivity index (χ3n) is 5.63. The molecule has 31 heavy (non-hydrogen) atoms. The molecule has 3 atom stereocenters. The maximum absolute atomic E-state index is 13.0. The van der Waals surface area contributed by atoms with Gasteiger partial charge in [-0.3, -0.25) is 4.79 Å². The van der Waals surface area contributed by atoms with Gasteiger partial charge in [-0.05, 0) is 60.5 Å². The van der Waals surface area contributed by atoms with Crippen molar-refractivity contribution < 1.29 is 23.8 Å². The number of ether oxygens (including phenoxy) is 3. The summed E-state index contributed by atoms with van der Waals surface area (Å²) < 4.78 is 16.2. The summed E-state index contributed by atoms with van der Waals surface area (Å²) in [4.78, 5) is 25.8. The molecule has 1 saturated carbocycles. The molecule has 0 unspecified atom stereocenters. The van der Waals surface area contributed by atoms with Crippen molar-refractivity contribution in [2.45, 2.75) is 12.5 Å². The number of Topliss-reactive ketones (excluding diaryl/α,β-unsaturated/α-hetero) is 1. The summed E-state index contributed by atoms with van der Waals surface area (Å²) in [5.41, 5.74) is 1.97. The van der Waals surface area contributed by atoms with E-state index < -0.39 is 12.1 Å². The van der Waals surface area contributed by atoms with Gasteiger partial charge in [0.05, 0.1) is 19.8 Å². The van der Waals surface area contributed by atoms with E-state index in [1.54, 1.807) is 62.8 Å². The fourth-order valence-electron chi connectivity index (χ4n) is 3.78. The van der Waals surface area contributed by atoms with Crippen LogP contribution in [0.4, 0.5) is 0 Å². The van der Waals surface area contributed by atoms with Gasteiger partial charge in [-0.2, -0.15) is 0 Å². The summed E-state index contributed by atoms with van der Waals surface area (Å²) >= 11 is 0. The van der Waals surface area contributed by atoms with Crippen LogP contribution < -0.4 is 9.47 Å². The Hall–Kier alpha value is -3.60. The summed E-state index contributed by atoms with van der Waals surface area (Å²) in [6.07, 6.45) is 0.198. The Labute approximate surface area is 181 Å². The molecule has 0 bridgehead atoms. The Morgan fingerprint density at radius 2 is 1.32 bits per heavy atom. The summed E-state index contributed by atoms with van der Waals surface area (Å²) in [6, 6.07) is 23.5.